The smallest absolute Gasteiger partial charge is 0.164 e. The summed E-state index contributed by atoms with van der Waals surface area (Å²) in [6.07, 6.45) is 1.25. The quantitative estimate of drug-likeness (QED) is 0.379. The average Bonchev–Trinajstić information content (AvgIpc) is 1.81. The summed E-state index contributed by atoms with van der Waals surface area (Å²) in [6, 6.07) is 0. The molecule has 0 fully saturated rings. The molecule has 4 heteroatoms. The maximum absolute atomic E-state index is 10.4. The maximum atomic E-state index is 10.4. The largest absolute Gasteiger partial charge is 0.498 e. The predicted octanol–water partition coefficient (Wildman–Crippen LogP) is 1.91. The van der Waals surface area contributed by atoms with E-state index in [4.69, 9.17) is 27.9 Å². The van der Waals surface area contributed by atoms with Crippen LogP contribution < -0.4 is 0 Å². The first-order valence-electron chi connectivity index (χ1n) is 2.62. The van der Waals surface area contributed by atoms with E-state index in [-0.39, 0.29) is 11.5 Å². The molecule has 0 rings (SSSR count). The lowest BCUT2D eigenvalue weighted by atomic mass is 10.4. The molecule has 10 heavy (non-hydrogen) atoms. The first kappa shape index (κ1) is 9.79. The molecule has 0 N–H and O–H groups in total. The highest BCUT2D eigenvalue weighted by Crippen LogP contribution is 2.14. The summed E-state index contributed by atoms with van der Waals surface area (Å²) < 4.78 is 4.70. The van der Waals surface area contributed by atoms with Crippen molar-refractivity contribution in [1.29, 1.82) is 0 Å². The van der Waals surface area contributed by atoms with E-state index >= 15 is 0 Å². The van der Waals surface area contributed by atoms with Crippen molar-refractivity contribution in [1.82, 2.24) is 0 Å². The molecule has 0 saturated heterocycles. The molecule has 0 aliphatic heterocycles. The molecule has 58 valence electrons. The lowest BCUT2D eigenvalue weighted by Crippen LogP contribution is -1.99. The van der Waals surface area contributed by atoms with E-state index in [1.54, 1.807) is 0 Å². The van der Waals surface area contributed by atoms with E-state index in [1.807, 2.05) is 0 Å². The number of halogens is 2. The van der Waals surface area contributed by atoms with Crippen molar-refractivity contribution >= 4 is 29.0 Å². The van der Waals surface area contributed by atoms with Crippen LogP contribution in [0.25, 0.3) is 0 Å². The third-order valence-corrected chi connectivity index (χ3v) is 1.23. The SMILES string of the molecule is CO/C(=C/C(C)=O)C(Cl)Cl. The van der Waals surface area contributed by atoms with E-state index < -0.39 is 4.84 Å². The Morgan fingerprint density at radius 3 is 2.20 bits per heavy atom. The number of alkyl halides is 2. The van der Waals surface area contributed by atoms with Crippen molar-refractivity contribution in [3.05, 3.63) is 11.8 Å². The minimum absolute atomic E-state index is 0.136. The van der Waals surface area contributed by atoms with Gasteiger partial charge in [-0.1, -0.05) is 23.2 Å². The summed E-state index contributed by atoms with van der Waals surface area (Å²) in [6.45, 7) is 1.40. The molecule has 0 aromatic carbocycles. The Morgan fingerprint density at radius 1 is 1.60 bits per heavy atom. The van der Waals surface area contributed by atoms with E-state index in [0.717, 1.165) is 0 Å². The number of hydrogen-bond donors (Lipinski definition) is 0. The van der Waals surface area contributed by atoms with Gasteiger partial charge in [0, 0.05) is 6.08 Å². The molecule has 0 atom stereocenters. The maximum Gasteiger partial charge on any atom is 0.164 e. The van der Waals surface area contributed by atoms with Gasteiger partial charge in [-0.2, -0.15) is 0 Å². The van der Waals surface area contributed by atoms with Crippen molar-refractivity contribution in [2.45, 2.75) is 11.8 Å². The topological polar surface area (TPSA) is 26.3 Å². The first-order valence-corrected chi connectivity index (χ1v) is 3.49. The van der Waals surface area contributed by atoms with Gasteiger partial charge in [-0.15, -0.1) is 0 Å². The van der Waals surface area contributed by atoms with Gasteiger partial charge < -0.3 is 4.74 Å². The fourth-order valence-corrected chi connectivity index (χ4v) is 0.716. The van der Waals surface area contributed by atoms with Crippen molar-refractivity contribution < 1.29 is 9.53 Å². The summed E-state index contributed by atoms with van der Waals surface area (Å²) in [5, 5.41) is 0. The molecule has 0 aromatic rings. The molecule has 0 aliphatic carbocycles. The van der Waals surface area contributed by atoms with E-state index in [9.17, 15) is 4.79 Å². The lowest BCUT2D eigenvalue weighted by Gasteiger charge is -2.03. The van der Waals surface area contributed by atoms with E-state index in [0.29, 0.717) is 0 Å². The number of ether oxygens (including phenoxy) is 1. The van der Waals surface area contributed by atoms with Gasteiger partial charge in [0.05, 0.1) is 7.11 Å². The standard InChI is InChI=1S/C6H8Cl2O2/c1-4(9)3-5(10-2)6(7)8/h3,6H,1-2H3/b5-3+. The zero-order valence-electron chi connectivity index (χ0n) is 5.73. The number of ketones is 1. The fraction of sp³-hybridized carbons (Fsp3) is 0.500. The Hall–Kier alpha value is -0.210. The number of hydrogen-bond acceptors (Lipinski definition) is 2. The van der Waals surface area contributed by atoms with Gasteiger partial charge in [0.15, 0.2) is 10.6 Å². The molecule has 0 unspecified atom stereocenters. The molecule has 0 heterocycles. The minimum Gasteiger partial charge on any atom is -0.498 e. The zero-order chi connectivity index (χ0) is 8.15. The zero-order valence-corrected chi connectivity index (χ0v) is 7.24. The molecule has 0 spiro atoms. The highest BCUT2D eigenvalue weighted by molar-refractivity contribution is 6.46. The average molecular weight is 183 g/mol. The Kier molecular flexibility index (Phi) is 4.49. The van der Waals surface area contributed by atoms with Crippen molar-refractivity contribution in [3.8, 4) is 0 Å². The second-order valence-electron chi connectivity index (χ2n) is 1.66. The minimum atomic E-state index is -0.770. The van der Waals surface area contributed by atoms with Gasteiger partial charge in [0.2, 0.25) is 0 Å². The molecule has 2 nitrogen and oxygen atoms in total. The van der Waals surface area contributed by atoms with Crippen molar-refractivity contribution in [2.24, 2.45) is 0 Å². The summed E-state index contributed by atoms with van der Waals surface area (Å²) in [7, 11) is 1.41. The van der Waals surface area contributed by atoms with Gasteiger partial charge in [0.1, 0.15) is 5.76 Å². The second-order valence-corrected chi connectivity index (χ2v) is 2.76. The van der Waals surface area contributed by atoms with Crippen LogP contribution in [0.4, 0.5) is 0 Å². The van der Waals surface area contributed by atoms with Crippen LogP contribution in [0.15, 0.2) is 11.8 Å². The van der Waals surface area contributed by atoms with Gasteiger partial charge >= 0.3 is 0 Å². The number of methoxy groups -OCH3 is 1. The lowest BCUT2D eigenvalue weighted by molar-refractivity contribution is -0.112. The van der Waals surface area contributed by atoms with Crippen LogP contribution in [0.5, 0.6) is 0 Å². The van der Waals surface area contributed by atoms with Crippen LogP contribution in [-0.4, -0.2) is 17.7 Å². The third-order valence-electron chi connectivity index (χ3n) is 0.796. The normalized spacial score (nSPS) is 11.9. The monoisotopic (exact) mass is 182 g/mol. The summed E-state index contributed by atoms with van der Waals surface area (Å²) in [5.74, 6) is 0.138. The van der Waals surface area contributed by atoms with Gasteiger partial charge in [-0.3, -0.25) is 4.79 Å². The Morgan fingerprint density at radius 2 is 2.10 bits per heavy atom. The second kappa shape index (κ2) is 4.58. The Bertz CT molecular complexity index is 152. The van der Waals surface area contributed by atoms with E-state index in [1.165, 1.54) is 20.1 Å². The van der Waals surface area contributed by atoms with Crippen LogP contribution in [0, 0.1) is 0 Å². The fourth-order valence-electron chi connectivity index (χ4n) is 0.411. The van der Waals surface area contributed by atoms with Gasteiger partial charge in [-0.25, -0.2) is 0 Å². The van der Waals surface area contributed by atoms with Gasteiger partial charge in [0.25, 0.3) is 0 Å². The molecule has 0 amide bonds. The third kappa shape index (κ3) is 3.75. The van der Waals surface area contributed by atoms with Crippen LogP contribution in [0.1, 0.15) is 6.92 Å². The summed E-state index contributed by atoms with van der Waals surface area (Å²) in [4.78, 5) is 9.67. The Labute approximate surface area is 69.8 Å². The van der Waals surface area contributed by atoms with E-state index in [2.05, 4.69) is 0 Å². The molecular weight excluding hydrogens is 175 g/mol. The summed E-state index contributed by atoms with van der Waals surface area (Å²) >= 11 is 10.8. The van der Waals surface area contributed by atoms with Crippen LogP contribution in [-0.2, 0) is 9.53 Å². The first-order chi connectivity index (χ1) is 4.57. The Balaban J connectivity index is 4.18. The van der Waals surface area contributed by atoms with Gasteiger partial charge in [-0.05, 0) is 6.92 Å². The van der Waals surface area contributed by atoms with Crippen molar-refractivity contribution in [3.63, 3.8) is 0 Å². The van der Waals surface area contributed by atoms with Crippen LogP contribution in [0.2, 0.25) is 0 Å². The number of carbonyl (C=O) groups is 1. The van der Waals surface area contributed by atoms with Crippen LogP contribution >= 0.6 is 23.2 Å². The molecule has 0 aliphatic rings. The molecular formula is C6H8Cl2O2. The van der Waals surface area contributed by atoms with Crippen LogP contribution in [0.3, 0.4) is 0 Å². The molecule has 0 radical (unpaired) electrons. The number of allylic oxidation sites excluding steroid dienone is 2. The van der Waals surface area contributed by atoms with Crippen molar-refractivity contribution in [2.75, 3.05) is 7.11 Å². The highest BCUT2D eigenvalue weighted by atomic mass is 35.5. The molecule has 0 aromatic heterocycles. The predicted molar refractivity (Wildman–Crippen MR) is 41.3 cm³/mol. The number of rotatable bonds is 3. The molecule has 0 saturated carbocycles. The highest BCUT2D eigenvalue weighted by Gasteiger charge is 2.07. The molecule has 0 bridgehead atoms. The number of carbonyl (C=O) groups excluding carboxylic acids is 1. The summed E-state index contributed by atoms with van der Waals surface area (Å²) in [5.41, 5.74) is 0.